The van der Waals surface area contributed by atoms with Crippen molar-refractivity contribution in [3.8, 4) is 17.1 Å². The van der Waals surface area contributed by atoms with Gasteiger partial charge < -0.3 is 4.42 Å². The minimum atomic E-state index is -4.47. The summed E-state index contributed by atoms with van der Waals surface area (Å²) in [5.74, 6) is 0.389. The van der Waals surface area contributed by atoms with E-state index in [1.54, 1.807) is 34.5 Å². The Balaban J connectivity index is 2.05. The maximum absolute atomic E-state index is 13.7. The van der Waals surface area contributed by atoms with Gasteiger partial charge in [-0.1, -0.05) is 18.2 Å². The molecule has 2 heterocycles. The van der Waals surface area contributed by atoms with Crippen LogP contribution in [0.3, 0.4) is 0 Å². The molecule has 0 aliphatic rings. The number of rotatable bonds is 2. The lowest BCUT2D eigenvalue weighted by Gasteiger charge is -2.11. The Morgan fingerprint density at radius 2 is 1.64 bits per heavy atom. The fourth-order valence-corrected chi connectivity index (χ4v) is 3.47. The summed E-state index contributed by atoms with van der Waals surface area (Å²) in [4.78, 5) is 0. The number of benzene rings is 2. The maximum atomic E-state index is 13.7. The van der Waals surface area contributed by atoms with Crippen LogP contribution in [0.15, 0.2) is 65.2 Å². The van der Waals surface area contributed by atoms with E-state index in [0.29, 0.717) is 28.3 Å². The van der Waals surface area contributed by atoms with Crippen LogP contribution in [0.2, 0.25) is 0 Å². The van der Waals surface area contributed by atoms with Crippen molar-refractivity contribution in [2.45, 2.75) is 20.0 Å². The van der Waals surface area contributed by atoms with Gasteiger partial charge in [-0.15, -0.1) is 0 Å². The lowest BCUT2D eigenvalue weighted by molar-refractivity contribution is -0.637. The quantitative estimate of drug-likeness (QED) is 0.453. The molecule has 2 aromatic carbocycles. The van der Waals surface area contributed by atoms with E-state index in [9.17, 15) is 13.2 Å². The van der Waals surface area contributed by atoms with E-state index in [4.69, 9.17) is 4.42 Å². The van der Waals surface area contributed by atoms with Crippen molar-refractivity contribution in [3.63, 3.8) is 0 Å². The molecule has 0 saturated carbocycles. The fraction of sp³-hybridized carbons (Fsp3) is 0.182. The average Bonchev–Trinajstić information content (AvgIpc) is 2.99. The Kier molecular flexibility index (Phi) is 4.22. The normalized spacial score (nSPS) is 11.9. The van der Waals surface area contributed by atoms with Crippen molar-refractivity contribution >= 4 is 11.1 Å². The lowest BCUT2D eigenvalue weighted by Crippen LogP contribution is -2.35. The maximum Gasteiger partial charge on any atom is 0.416 e. The van der Waals surface area contributed by atoms with Gasteiger partial charge in [0.25, 0.3) is 5.52 Å². The number of oxazole rings is 1. The molecular weight excluding hydrogens is 365 g/mol. The van der Waals surface area contributed by atoms with Crippen molar-refractivity contribution in [2.24, 2.45) is 7.05 Å². The molecule has 28 heavy (non-hydrogen) atoms. The first-order chi connectivity index (χ1) is 13.3. The summed E-state index contributed by atoms with van der Waals surface area (Å²) in [6.45, 7) is 3.68. The van der Waals surface area contributed by atoms with E-state index in [1.807, 2.05) is 44.2 Å². The standard InChI is InChI=1S/C22H19F3N2O/c1-14-8-6-7-11-27(14)19-13-16(22(23,24)25)12-17(15(19)2)21-26(3)18-9-4-5-10-20(18)28-21/h4-13H,1-3H3/q+2. The highest BCUT2D eigenvalue weighted by atomic mass is 19.4. The van der Waals surface area contributed by atoms with Crippen LogP contribution in [0, 0.1) is 13.8 Å². The number of para-hydroxylation sites is 2. The van der Waals surface area contributed by atoms with Crippen LogP contribution in [0.5, 0.6) is 0 Å². The molecule has 0 unspecified atom stereocenters. The van der Waals surface area contributed by atoms with Gasteiger partial charge in [0.15, 0.2) is 11.9 Å². The molecule has 0 radical (unpaired) electrons. The van der Waals surface area contributed by atoms with Gasteiger partial charge in [0, 0.05) is 36.8 Å². The molecule has 0 amide bonds. The van der Waals surface area contributed by atoms with E-state index in [1.165, 1.54) is 6.07 Å². The van der Waals surface area contributed by atoms with Crippen LogP contribution >= 0.6 is 0 Å². The molecule has 142 valence electrons. The second-order valence-corrected chi connectivity index (χ2v) is 6.81. The number of hydrogen-bond acceptors (Lipinski definition) is 1. The van der Waals surface area contributed by atoms with Crippen LogP contribution in [0.4, 0.5) is 13.2 Å². The summed E-state index contributed by atoms with van der Waals surface area (Å²) >= 11 is 0. The molecule has 0 bridgehead atoms. The van der Waals surface area contributed by atoms with Crippen molar-refractivity contribution in [1.29, 1.82) is 0 Å². The fourth-order valence-electron chi connectivity index (χ4n) is 3.47. The number of aromatic nitrogens is 2. The third-order valence-electron chi connectivity index (χ3n) is 5.00. The largest absolute Gasteiger partial charge is 0.416 e. The number of alkyl halides is 3. The predicted molar refractivity (Wildman–Crippen MR) is 98.8 cm³/mol. The number of aryl methyl sites for hydroxylation is 2. The summed E-state index contributed by atoms with van der Waals surface area (Å²) in [5, 5.41) is 0. The summed E-state index contributed by atoms with van der Waals surface area (Å²) in [6, 6.07) is 15.3. The van der Waals surface area contributed by atoms with Gasteiger partial charge in [0.1, 0.15) is 7.05 Å². The van der Waals surface area contributed by atoms with Gasteiger partial charge >= 0.3 is 12.1 Å². The summed E-state index contributed by atoms with van der Waals surface area (Å²) < 4.78 is 50.5. The van der Waals surface area contributed by atoms with Crippen LogP contribution < -0.4 is 9.13 Å². The Morgan fingerprint density at radius 1 is 0.929 bits per heavy atom. The van der Waals surface area contributed by atoms with E-state index in [2.05, 4.69) is 0 Å². The zero-order valence-corrected chi connectivity index (χ0v) is 15.7. The van der Waals surface area contributed by atoms with Crippen molar-refractivity contribution in [2.75, 3.05) is 0 Å². The van der Waals surface area contributed by atoms with Crippen LogP contribution in [0.1, 0.15) is 16.8 Å². The van der Waals surface area contributed by atoms with Gasteiger partial charge in [-0.25, -0.2) is 0 Å². The molecule has 3 nitrogen and oxygen atoms in total. The number of pyridine rings is 1. The Bertz CT molecular complexity index is 1190. The smallest absolute Gasteiger partial charge is 0.398 e. The number of nitrogens with zero attached hydrogens (tertiary/aromatic N) is 2. The Morgan fingerprint density at radius 3 is 2.32 bits per heavy atom. The zero-order valence-electron chi connectivity index (χ0n) is 15.7. The molecule has 0 fully saturated rings. The molecule has 0 saturated heterocycles. The van der Waals surface area contributed by atoms with Gasteiger partial charge in [-0.2, -0.15) is 22.3 Å². The highest BCUT2D eigenvalue weighted by molar-refractivity contribution is 5.73. The Labute approximate surface area is 160 Å². The first kappa shape index (κ1) is 18.2. The van der Waals surface area contributed by atoms with Crippen molar-refractivity contribution in [1.82, 2.24) is 0 Å². The van der Waals surface area contributed by atoms with E-state index >= 15 is 0 Å². The Hall–Kier alpha value is -3.15. The second-order valence-electron chi connectivity index (χ2n) is 6.81. The zero-order chi connectivity index (χ0) is 20.1. The van der Waals surface area contributed by atoms with E-state index in [-0.39, 0.29) is 0 Å². The first-order valence-corrected chi connectivity index (χ1v) is 8.85. The van der Waals surface area contributed by atoms with Crippen molar-refractivity contribution < 1.29 is 26.7 Å². The minimum absolute atomic E-state index is 0.389. The third-order valence-corrected chi connectivity index (χ3v) is 5.00. The highest BCUT2D eigenvalue weighted by Gasteiger charge is 2.36. The first-order valence-electron chi connectivity index (χ1n) is 8.85. The van der Waals surface area contributed by atoms with Gasteiger partial charge in [0.05, 0.1) is 11.1 Å². The number of hydrogen-bond donors (Lipinski definition) is 0. The van der Waals surface area contributed by atoms with Gasteiger partial charge in [-0.05, 0) is 19.1 Å². The third kappa shape index (κ3) is 2.95. The second kappa shape index (κ2) is 6.48. The molecule has 0 N–H and O–H groups in total. The van der Waals surface area contributed by atoms with E-state index in [0.717, 1.165) is 17.3 Å². The monoisotopic (exact) mass is 384 g/mol. The average molecular weight is 384 g/mol. The molecule has 2 aromatic heterocycles. The summed E-state index contributed by atoms with van der Waals surface area (Å²) in [6.07, 6.45) is -2.70. The summed E-state index contributed by atoms with van der Waals surface area (Å²) in [5.41, 5.74) is 3.18. The lowest BCUT2D eigenvalue weighted by atomic mass is 10.0. The molecule has 4 aromatic rings. The van der Waals surface area contributed by atoms with Crippen molar-refractivity contribution in [3.05, 3.63) is 77.6 Å². The number of fused-ring (bicyclic) bond motifs is 1. The predicted octanol–water partition coefficient (Wildman–Crippen LogP) is 4.84. The van der Waals surface area contributed by atoms with E-state index < -0.39 is 11.7 Å². The molecule has 0 atom stereocenters. The number of halogens is 3. The SMILES string of the molecule is Cc1c(-c2oc3ccccc3[n+]2C)cc(C(F)(F)F)cc1-[n+]1ccccc1C. The molecular formula is C22H19F3N2O+2. The minimum Gasteiger partial charge on any atom is -0.398 e. The molecule has 6 heteroatoms. The van der Waals surface area contributed by atoms with Crippen LogP contribution in [-0.2, 0) is 13.2 Å². The molecule has 0 spiro atoms. The van der Waals surface area contributed by atoms with Gasteiger partial charge in [-0.3, -0.25) is 0 Å². The molecule has 4 rings (SSSR count). The summed E-state index contributed by atoms with van der Waals surface area (Å²) in [7, 11) is 1.79. The van der Waals surface area contributed by atoms with Gasteiger partial charge in [0.2, 0.25) is 11.3 Å². The molecule has 0 aliphatic carbocycles. The highest BCUT2D eigenvalue weighted by Crippen LogP contribution is 2.36. The van der Waals surface area contributed by atoms with Crippen LogP contribution in [-0.4, -0.2) is 0 Å². The van der Waals surface area contributed by atoms with Crippen LogP contribution in [0.25, 0.3) is 28.2 Å². The topological polar surface area (TPSA) is 20.9 Å². The molecule has 0 aliphatic heterocycles.